The quantitative estimate of drug-likeness (QED) is 0.796. The monoisotopic (exact) mass is 322 g/mol. The van der Waals surface area contributed by atoms with Crippen molar-refractivity contribution >= 4 is 0 Å². The second-order valence-electron chi connectivity index (χ2n) is 5.64. The molecule has 0 radical (unpaired) electrons. The van der Waals surface area contributed by atoms with E-state index in [-0.39, 0.29) is 12.6 Å². The van der Waals surface area contributed by atoms with Gasteiger partial charge >= 0.3 is 0 Å². The van der Waals surface area contributed by atoms with E-state index < -0.39 is 0 Å². The molecule has 0 amide bonds. The first kappa shape index (κ1) is 15.4. The highest BCUT2D eigenvalue weighted by molar-refractivity contribution is 5.44. The van der Waals surface area contributed by atoms with Crippen molar-refractivity contribution in [1.29, 1.82) is 0 Å². The van der Waals surface area contributed by atoms with Crippen LogP contribution in [0.2, 0.25) is 0 Å². The third-order valence-corrected chi connectivity index (χ3v) is 3.96. The van der Waals surface area contributed by atoms with E-state index in [0.29, 0.717) is 26.4 Å². The zero-order valence-corrected chi connectivity index (χ0v) is 13.2. The molecular formula is C20H18O4. The van der Waals surface area contributed by atoms with Gasteiger partial charge in [0.1, 0.15) is 0 Å². The summed E-state index contributed by atoms with van der Waals surface area (Å²) in [5, 5.41) is 0. The van der Waals surface area contributed by atoms with Crippen molar-refractivity contribution in [2.24, 2.45) is 0 Å². The lowest BCUT2D eigenvalue weighted by molar-refractivity contribution is -0.0443. The Bertz CT molecular complexity index is 664. The largest absolute Gasteiger partial charge is 0.346 e. The van der Waals surface area contributed by atoms with Gasteiger partial charge in [-0.15, -0.1) is 0 Å². The van der Waals surface area contributed by atoms with Crippen LogP contribution in [0.3, 0.4) is 0 Å². The van der Waals surface area contributed by atoms with Crippen LogP contribution >= 0.6 is 0 Å². The smallest absolute Gasteiger partial charge is 0.184 e. The van der Waals surface area contributed by atoms with Crippen LogP contribution in [0, 0.1) is 11.8 Å². The zero-order valence-electron chi connectivity index (χ0n) is 13.2. The fourth-order valence-electron chi connectivity index (χ4n) is 2.69. The number of hydrogen-bond acceptors (Lipinski definition) is 4. The summed E-state index contributed by atoms with van der Waals surface area (Å²) in [5.74, 6) is 6.35. The summed E-state index contributed by atoms with van der Waals surface area (Å²) >= 11 is 0. The van der Waals surface area contributed by atoms with Crippen LogP contribution in [-0.2, 0) is 18.9 Å². The van der Waals surface area contributed by atoms with Gasteiger partial charge in [0.2, 0.25) is 0 Å². The molecule has 122 valence electrons. The Labute approximate surface area is 141 Å². The van der Waals surface area contributed by atoms with Gasteiger partial charge in [0.25, 0.3) is 0 Å². The van der Waals surface area contributed by atoms with E-state index >= 15 is 0 Å². The van der Waals surface area contributed by atoms with Crippen molar-refractivity contribution < 1.29 is 18.9 Å². The predicted molar refractivity (Wildman–Crippen MR) is 88.2 cm³/mol. The summed E-state index contributed by atoms with van der Waals surface area (Å²) in [6.45, 7) is 2.61. The first-order valence-corrected chi connectivity index (χ1v) is 8.07. The summed E-state index contributed by atoms with van der Waals surface area (Å²) in [7, 11) is 0. The Morgan fingerprint density at radius 1 is 0.542 bits per heavy atom. The molecule has 0 aromatic heterocycles. The lowest BCUT2D eigenvalue weighted by Gasteiger charge is -2.08. The molecule has 0 atom stereocenters. The third-order valence-electron chi connectivity index (χ3n) is 3.96. The minimum Gasteiger partial charge on any atom is -0.346 e. The van der Waals surface area contributed by atoms with E-state index in [4.69, 9.17) is 18.9 Å². The van der Waals surface area contributed by atoms with Gasteiger partial charge in [-0.05, 0) is 24.3 Å². The zero-order chi connectivity index (χ0) is 16.2. The van der Waals surface area contributed by atoms with Crippen molar-refractivity contribution in [2.45, 2.75) is 12.6 Å². The molecule has 4 nitrogen and oxygen atoms in total. The molecule has 2 fully saturated rings. The molecule has 0 saturated carbocycles. The van der Waals surface area contributed by atoms with Gasteiger partial charge in [-0.3, -0.25) is 0 Å². The minimum atomic E-state index is -0.237. The maximum absolute atomic E-state index is 5.48. The molecule has 2 aromatic rings. The highest BCUT2D eigenvalue weighted by Gasteiger charge is 2.18. The number of hydrogen-bond donors (Lipinski definition) is 0. The van der Waals surface area contributed by atoms with Crippen molar-refractivity contribution in [3.8, 4) is 11.8 Å². The van der Waals surface area contributed by atoms with E-state index in [1.54, 1.807) is 0 Å². The highest BCUT2D eigenvalue weighted by atomic mass is 16.7. The average molecular weight is 322 g/mol. The molecule has 2 aromatic carbocycles. The lowest BCUT2D eigenvalue weighted by Crippen LogP contribution is -1.97. The predicted octanol–water partition coefficient (Wildman–Crippen LogP) is 3.18. The van der Waals surface area contributed by atoms with E-state index in [2.05, 4.69) is 11.8 Å². The average Bonchev–Trinajstić information content (AvgIpc) is 3.34. The normalized spacial score (nSPS) is 18.5. The molecule has 0 N–H and O–H groups in total. The van der Waals surface area contributed by atoms with Gasteiger partial charge in [-0.1, -0.05) is 36.1 Å². The van der Waals surface area contributed by atoms with Gasteiger partial charge in [-0.2, -0.15) is 0 Å². The molecular weight excluding hydrogens is 304 g/mol. The van der Waals surface area contributed by atoms with Crippen molar-refractivity contribution in [2.75, 3.05) is 26.4 Å². The van der Waals surface area contributed by atoms with Crippen LogP contribution in [0.15, 0.2) is 48.5 Å². The van der Waals surface area contributed by atoms with Gasteiger partial charge in [0.05, 0.1) is 26.4 Å². The summed E-state index contributed by atoms with van der Waals surface area (Å²) in [6, 6.07) is 15.9. The van der Waals surface area contributed by atoms with Gasteiger partial charge in [0.15, 0.2) is 12.6 Å². The van der Waals surface area contributed by atoms with Crippen LogP contribution in [0.5, 0.6) is 0 Å². The van der Waals surface area contributed by atoms with E-state index in [0.717, 1.165) is 22.3 Å². The molecule has 2 aliphatic rings. The maximum Gasteiger partial charge on any atom is 0.184 e. The van der Waals surface area contributed by atoms with E-state index in [1.165, 1.54) is 0 Å². The number of benzene rings is 2. The summed E-state index contributed by atoms with van der Waals surface area (Å²) in [5.41, 5.74) is 3.98. The molecule has 0 unspecified atom stereocenters. The lowest BCUT2D eigenvalue weighted by atomic mass is 10.1. The topological polar surface area (TPSA) is 36.9 Å². The second-order valence-corrected chi connectivity index (χ2v) is 5.64. The molecule has 0 bridgehead atoms. The number of rotatable bonds is 2. The summed E-state index contributed by atoms with van der Waals surface area (Å²) in [4.78, 5) is 0. The van der Waals surface area contributed by atoms with Crippen molar-refractivity contribution in [1.82, 2.24) is 0 Å². The molecule has 2 heterocycles. The molecule has 4 rings (SSSR count). The second kappa shape index (κ2) is 7.16. The fraction of sp³-hybridized carbons (Fsp3) is 0.300. The molecule has 2 saturated heterocycles. The van der Waals surface area contributed by atoms with Crippen molar-refractivity contribution in [3.63, 3.8) is 0 Å². The minimum absolute atomic E-state index is 0.237. The third kappa shape index (κ3) is 3.50. The van der Waals surface area contributed by atoms with Crippen LogP contribution in [0.1, 0.15) is 34.8 Å². The standard InChI is InChI=1S/C20H18O4/c1(15-3-7-17(8-4-15)19-21-11-12-22-19)2-16-5-9-18(10-6-16)20-23-13-14-24-20/h3-10,19-20H,11-14H2. The molecule has 4 heteroatoms. The van der Waals surface area contributed by atoms with Crippen LogP contribution in [-0.4, -0.2) is 26.4 Å². The highest BCUT2D eigenvalue weighted by Crippen LogP contribution is 2.24. The SMILES string of the molecule is C(#Cc1ccc(C2OCCO2)cc1)c1ccc(C2OCCO2)cc1. The maximum atomic E-state index is 5.48. The molecule has 0 aliphatic carbocycles. The van der Waals surface area contributed by atoms with Crippen molar-refractivity contribution in [3.05, 3.63) is 70.8 Å². The number of ether oxygens (including phenoxy) is 4. The Balaban J connectivity index is 1.43. The van der Waals surface area contributed by atoms with Crippen LogP contribution in [0.4, 0.5) is 0 Å². The first-order chi connectivity index (χ1) is 11.9. The summed E-state index contributed by atoms with van der Waals surface area (Å²) in [6.07, 6.45) is -0.473. The Morgan fingerprint density at radius 2 is 0.875 bits per heavy atom. The first-order valence-electron chi connectivity index (χ1n) is 8.07. The van der Waals surface area contributed by atoms with Crippen LogP contribution < -0.4 is 0 Å². The Morgan fingerprint density at radius 3 is 1.21 bits per heavy atom. The van der Waals surface area contributed by atoms with Gasteiger partial charge in [-0.25, -0.2) is 0 Å². The van der Waals surface area contributed by atoms with Gasteiger partial charge < -0.3 is 18.9 Å². The van der Waals surface area contributed by atoms with Crippen LogP contribution in [0.25, 0.3) is 0 Å². The Hall–Kier alpha value is -2.16. The summed E-state index contributed by atoms with van der Waals surface area (Å²) < 4.78 is 21.9. The molecule has 24 heavy (non-hydrogen) atoms. The molecule has 0 spiro atoms. The Kier molecular flexibility index (Phi) is 4.59. The fourth-order valence-corrected chi connectivity index (χ4v) is 2.69. The van der Waals surface area contributed by atoms with E-state index in [1.807, 2.05) is 48.5 Å². The van der Waals surface area contributed by atoms with Gasteiger partial charge in [0, 0.05) is 22.3 Å². The van der Waals surface area contributed by atoms with E-state index in [9.17, 15) is 0 Å². The molecule has 2 aliphatic heterocycles.